The third kappa shape index (κ3) is 9.89. The van der Waals surface area contributed by atoms with Gasteiger partial charge in [-0.1, -0.05) is 32.1 Å². The Kier molecular flexibility index (Phi) is 10.9. The van der Waals surface area contributed by atoms with Crippen LogP contribution in [0, 0.1) is 0 Å². The van der Waals surface area contributed by atoms with E-state index >= 15 is 0 Å². The van der Waals surface area contributed by atoms with Gasteiger partial charge in [-0.25, -0.2) is 0 Å². The van der Waals surface area contributed by atoms with E-state index in [1.54, 1.807) is 6.92 Å². The second-order valence-corrected chi connectivity index (χ2v) is 6.78. The molecule has 1 aliphatic rings. The molecule has 1 saturated heterocycles. The number of carbonyl (C=O) groups excluding carboxylic acids is 1. The Balaban J connectivity index is 1.90. The van der Waals surface area contributed by atoms with Crippen LogP contribution in [0.4, 0.5) is 0 Å². The number of carbonyl (C=O) groups is 2. The highest BCUT2D eigenvalue weighted by Crippen LogP contribution is 2.21. The summed E-state index contributed by atoms with van der Waals surface area (Å²) in [4.78, 5) is 21.6. The highest BCUT2D eigenvalue weighted by molar-refractivity contribution is 5.94. The lowest BCUT2D eigenvalue weighted by Crippen LogP contribution is -2.47. The van der Waals surface area contributed by atoms with Crippen LogP contribution < -0.4 is 0 Å². The summed E-state index contributed by atoms with van der Waals surface area (Å²) in [6.45, 7) is 2.29. The zero-order valence-electron chi connectivity index (χ0n) is 15.1. The summed E-state index contributed by atoms with van der Waals surface area (Å²) in [6.07, 6.45) is 4.70. The summed E-state index contributed by atoms with van der Waals surface area (Å²) < 4.78 is 11.0. The number of hydrogen-bond donors (Lipinski definition) is 3. The first-order valence-electron chi connectivity index (χ1n) is 9.27. The van der Waals surface area contributed by atoms with Gasteiger partial charge in [-0.2, -0.15) is 0 Å². The van der Waals surface area contributed by atoms with Crippen molar-refractivity contribution in [2.24, 2.45) is 0 Å². The maximum atomic E-state index is 11.2. The third-order valence-electron chi connectivity index (χ3n) is 4.42. The first kappa shape index (κ1) is 22.0. The van der Waals surface area contributed by atoms with Crippen molar-refractivity contribution in [3.8, 4) is 0 Å². The Labute approximate surface area is 149 Å². The average molecular weight is 360 g/mol. The molecule has 1 aliphatic heterocycles. The van der Waals surface area contributed by atoms with Gasteiger partial charge in [0.05, 0.1) is 12.2 Å². The molecular formula is C18H32O7. The molecule has 4 atom stereocenters. The number of aliphatic hydroxyl groups is 2. The van der Waals surface area contributed by atoms with Crippen molar-refractivity contribution in [1.82, 2.24) is 0 Å². The first-order chi connectivity index (χ1) is 11.9. The number of carboxylic acid groups (broad SMARTS) is 1. The van der Waals surface area contributed by atoms with E-state index in [-0.39, 0.29) is 24.7 Å². The molecule has 0 aromatic rings. The van der Waals surface area contributed by atoms with Gasteiger partial charge >= 0.3 is 5.97 Å². The van der Waals surface area contributed by atoms with Gasteiger partial charge in [0.25, 0.3) is 0 Å². The summed E-state index contributed by atoms with van der Waals surface area (Å²) in [5, 5.41) is 27.9. The minimum Gasteiger partial charge on any atom is -0.481 e. The maximum Gasteiger partial charge on any atom is 0.310 e. The van der Waals surface area contributed by atoms with Crippen LogP contribution >= 0.6 is 0 Å². The molecule has 25 heavy (non-hydrogen) atoms. The smallest absolute Gasteiger partial charge is 0.310 e. The molecule has 7 heteroatoms. The number of hydrogen-bond acceptors (Lipinski definition) is 6. The molecule has 3 N–H and O–H groups in total. The lowest BCUT2D eigenvalue weighted by molar-refractivity contribution is -0.261. The van der Waals surface area contributed by atoms with Crippen LogP contribution in [-0.4, -0.2) is 58.3 Å². The van der Waals surface area contributed by atoms with Crippen molar-refractivity contribution >= 4 is 11.8 Å². The van der Waals surface area contributed by atoms with Crippen LogP contribution in [0.5, 0.6) is 0 Å². The fraction of sp³-hybridized carbons (Fsp3) is 0.889. The van der Waals surface area contributed by atoms with Gasteiger partial charge in [0, 0.05) is 19.4 Å². The van der Waals surface area contributed by atoms with E-state index in [0.29, 0.717) is 13.0 Å². The molecule has 1 rings (SSSR count). The highest BCUT2D eigenvalue weighted by atomic mass is 16.7. The van der Waals surface area contributed by atoms with Crippen molar-refractivity contribution in [1.29, 1.82) is 0 Å². The van der Waals surface area contributed by atoms with Crippen molar-refractivity contribution < 1.29 is 34.4 Å². The topological polar surface area (TPSA) is 113 Å². The minimum absolute atomic E-state index is 0.196. The van der Waals surface area contributed by atoms with E-state index in [1.807, 2.05) is 0 Å². The van der Waals surface area contributed by atoms with Crippen LogP contribution in [0.25, 0.3) is 0 Å². The van der Waals surface area contributed by atoms with Crippen LogP contribution in [0.3, 0.4) is 0 Å². The second kappa shape index (κ2) is 12.4. The fourth-order valence-corrected chi connectivity index (χ4v) is 2.86. The first-order valence-corrected chi connectivity index (χ1v) is 9.27. The SMILES string of the molecule is C[C@@H]1O[C@@H](OCCCCCCCCCC(=O)CC(=O)O)[C@H](O)C[C@H]1O. The normalized spacial score (nSPS) is 26.5. The van der Waals surface area contributed by atoms with Crippen LogP contribution in [0.1, 0.15) is 71.1 Å². The summed E-state index contributed by atoms with van der Waals surface area (Å²) in [5.74, 6) is -1.25. The van der Waals surface area contributed by atoms with Gasteiger partial charge in [0.15, 0.2) is 6.29 Å². The van der Waals surface area contributed by atoms with Crippen molar-refractivity contribution in [3.05, 3.63) is 0 Å². The Morgan fingerprint density at radius 3 is 2.24 bits per heavy atom. The van der Waals surface area contributed by atoms with Gasteiger partial charge in [-0.15, -0.1) is 0 Å². The van der Waals surface area contributed by atoms with Gasteiger partial charge < -0.3 is 24.8 Å². The van der Waals surface area contributed by atoms with Gasteiger partial charge in [0.2, 0.25) is 0 Å². The van der Waals surface area contributed by atoms with E-state index in [2.05, 4.69) is 0 Å². The molecule has 0 radical (unpaired) electrons. The number of aliphatic carboxylic acids is 1. The molecule has 0 saturated carbocycles. The minimum atomic E-state index is -1.05. The van der Waals surface area contributed by atoms with E-state index in [4.69, 9.17) is 14.6 Å². The third-order valence-corrected chi connectivity index (χ3v) is 4.42. The predicted molar refractivity (Wildman–Crippen MR) is 91.1 cm³/mol. The largest absolute Gasteiger partial charge is 0.481 e. The number of unbranched alkanes of at least 4 members (excludes halogenated alkanes) is 6. The molecule has 0 aliphatic carbocycles. The lowest BCUT2D eigenvalue weighted by Gasteiger charge is -2.35. The number of ketones is 1. The molecule has 1 fully saturated rings. The number of Topliss-reactive ketones (excluding diaryl/α,β-unsaturated/α-hetero) is 1. The van der Waals surface area contributed by atoms with E-state index < -0.39 is 24.5 Å². The Morgan fingerprint density at radius 1 is 1.00 bits per heavy atom. The molecule has 0 unspecified atom stereocenters. The number of rotatable bonds is 13. The zero-order chi connectivity index (χ0) is 18.7. The summed E-state index contributed by atoms with van der Waals surface area (Å²) in [5.41, 5.74) is 0. The lowest BCUT2D eigenvalue weighted by atomic mass is 10.0. The summed E-state index contributed by atoms with van der Waals surface area (Å²) in [6, 6.07) is 0. The van der Waals surface area contributed by atoms with Crippen LogP contribution in [0.2, 0.25) is 0 Å². The predicted octanol–water partition coefficient (Wildman–Crippen LogP) is 2.02. The van der Waals surface area contributed by atoms with Crippen molar-refractivity contribution in [2.75, 3.05) is 6.61 Å². The molecule has 1 heterocycles. The zero-order valence-corrected chi connectivity index (χ0v) is 15.1. The monoisotopic (exact) mass is 360 g/mol. The maximum absolute atomic E-state index is 11.2. The van der Waals surface area contributed by atoms with E-state index in [0.717, 1.165) is 44.9 Å². The number of aliphatic hydroxyl groups excluding tert-OH is 2. The molecule has 146 valence electrons. The van der Waals surface area contributed by atoms with Gasteiger partial charge in [-0.3, -0.25) is 9.59 Å². The molecule has 0 bridgehead atoms. The quantitative estimate of drug-likeness (QED) is 0.340. The molecule has 7 nitrogen and oxygen atoms in total. The molecule has 0 aromatic carbocycles. The molecule has 0 amide bonds. The van der Waals surface area contributed by atoms with Crippen molar-refractivity contribution in [3.63, 3.8) is 0 Å². The summed E-state index contributed by atoms with van der Waals surface area (Å²) >= 11 is 0. The number of ether oxygens (including phenoxy) is 2. The average Bonchev–Trinajstić information content (AvgIpc) is 2.53. The van der Waals surface area contributed by atoms with Crippen LogP contribution in [0.15, 0.2) is 0 Å². The second-order valence-electron chi connectivity index (χ2n) is 6.78. The van der Waals surface area contributed by atoms with Gasteiger partial charge in [-0.05, 0) is 19.8 Å². The molecule has 0 spiro atoms. The molecule has 0 aromatic heterocycles. The van der Waals surface area contributed by atoms with Crippen molar-refractivity contribution in [2.45, 2.75) is 95.7 Å². The fourth-order valence-electron chi connectivity index (χ4n) is 2.86. The molecular weight excluding hydrogens is 328 g/mol. The van der Waals surface area contributed by atoms with E-state index in [1.165, 1.54) is 0 Å². The standard InChI is InChI=1S/C18H32O7/c1-13-15(20)12-16(21)18(25-13)24-10-8-6-4-2-3-5-7-9-14(19)11-17(22)23/h13,15-16,18,20-21H,2-12H2,1H3,(H,22,23)/t13-,15+,16+,18+/m0/s1. The summed E-state index contributed by atoms with van der Waals surface area (Å²) in [7, 11) is 0. The van der Waals surface area contributed by atoms with E-state index in [9.17, 15) is 19.8 Å². The Morgan fingerprint density at radius 2 is 1.60 bits per heavy atom. The van der Waals surface area contributed by atoms with Crippen LogP contribution in [-0.2, 0) is 19.1 Å². The van der Waals surface area contributed by atoms with Gasteiger partial charge in [0.1, 0.15) is 18.3 Å². The Bertz CT molecular complexity index is 399. The number of carboxylic acids is 1. The Hall–Kier alpha value is -1.02. The highest BCUT2D eigenvalue weighted by Gasteiger charge is 2.34.